The number of allylic oxidation sites excluding steroid dienone is 4. The fourth-order valence-electron chi connectivity index (χ4n) is 2.67. The number of hydrogen-bond acceptors (Lipinski definition) is 0. The third-order valence-electron chi connectivity index (χ3n) is 3.49. The fraction of sp³-hybridized carbons (Fsp3) is 0.0556. The summed E-state index contributed by atoms with van der Waals surface area (Å²) in [5.41, 5.74) is 2.22. The Balaban J connectivity index is 0. The minimum Gasteiger partial charge on any atom is -0.412 e. The zero-order chi connectivity index (χ0) is 12.7. The molecule has 0 saturated heterocycles. The van der Waals surface area contributed by atoms with Gasteiger partial charge >= 0.3 is 0 Å². The van der Waals surface area contributed by atoms with Crippen LogP contribution in [0.3, 0.4) is 0 Å². The van der Waals surface area contributed by atoms with Crippen molar-refractivity contribution in [3.63, 3.8) is 0 Å². The molecule has 1 atom stereocenters. The van der Waals surface area contributed by atoms with Crippen LogP contribution < -0.4 is 0 Å². The molecule has 1 aliphatic carbocycles. The van der Waals surface area contributed by atoms with Crippen molar-refractivity contribution < 1.29 is 164 Å². The van der Waals surface area contributed by atoms with Crippen LogP contribution in [-0.2, 0) is 164 Å². The smallest absolute Gasteiger partial charge is 0 e. The van der Waals surface area contributed by atoms with Gasteiger partial charge in [0.15, 0.2) is 0 Å². The molecule has 0 fully saturated rings. The summed E-state index contributed by atoms with van der Waals surface area (Å²) in [6.07, 6.45) is 11.5. The number of para-hydroxylation sites is 2. The molecule has 6 heteroatoms. The monoisotopic (exact) mass is 686 g/mol. The Hall–Kier alpha value is 3.11. The van der Waals surface area contributed by atoms with Crippen LogP contribution >= 0.6 is 0 Å². The van der Waals surface area contributed by atoms with E-state index in [-0.39, 0.29) is 170 Å². The van der Waals surface area contributed by atoms with Crippen molar-refractivity contribution >= 4 is 21.8 Å². The SMILES string of the molecule is [C-]1=CC=C[CH-]C1n1c2[c-]cccc2c2ccc[c-]c21.[Y].[Y].[Y].[Y].[Y]. The van der Waals surface area contributed by atoms with E-state index < -0.39 is 0 Å². The van der Waals surface area contributed by atoms with Crippen LogP contribution in [-0.4, -0.2) is 4.57 Å². The van der Waals surface area contributed by atoms with Gasteiger partial charge in [0.2, 0.25) is 0 Å². The maximum absolute atomic E-state index is 3.36. The van der Waals surface area contributed by atoms with Crippen LogP contribution in [0.15, 0.2) is 54.6 Å². The number of nitrogens with zero attached hydrogens (tertiary/aromatic N) is 1. The van der Waals surface area contributed by atoms with E-state index in [0.717, 1.165) is 11.0 Å². The molecular weight excluding hydrogens is 675 g/mol. The molecule has 0 bridgehead atoms. The van der Waals surface area contributed by atoms with Gasteiger partial charge in [-0.1, -0.05) is 17.1 Å². The first-order valence-electron chi connectivity index (χ1n) is 6.35. The molecule has 1 nitrogen and oxygen atoms in total. The summed E-state index contributed by atoms with van der Waals surface area (Å²) in [7, 11) is 0. The first-order valence-corrected chi connectivity index (χ1v) is 6.35. The molecule has 4 rings (SSSR count). The first kappa shape index (κ1) is 29.3. The van der Waals surface area contributed by atoms with Crippen molar-refractivity contribution in [2.75, 3.05) is 0 Å². The molecule has 24 heavy (non-hydrogen) atoms. The van der Waals surface area contributed by atoms with Crippen molar-refractivity contribution in [2.24, 2.45) is 0 Å². The van der Waals surface area contributed by atoms with Crippen molar-refractivity contribution in [1.82, 2.24) is 4.57 Å². The van der Waals surface area contributed by atoms with Crippen LogP contribution in [0.4, 0.5) is 0 Å². The van der Waals surface area contributed by atoms with Crippen LogP contribution in [0, 0.1) is 24.6 Å². The number of hydrogen-bond donors (Lipinski definition) is 0. The zero-order valence-corrected chi connectivity index (χ0v) is 27.4. The molecular formula is C18H11NY5-4. The van der Waals surface area contributed by atoms with Crippen LogP contribution in [0.2, 0.25) is 0 Å². The van der Waals surface area contributed by atoms with E-state index in [1.807, 2.05) is 36.4 Å². The molecule has 0 saturated carbocycles. The van der Waals surface area contributed by atoms with E-state index in [1.54, 1.807) is 0 Å². The average molecular weight is 686 g/mol. The predicted molar refractivity (Wildman–Crippen MR) is 77.4 cm³/mol. The van der Waals surface area contributed by atoms with Gasteiger partial charge in [-0.3, -0.25) is 6.08 Å². The van der Waals surface area contributed by atoms with E-state index >= 15 is 0 Å². The number of fused-ring (bicyclic) bond motifs is 3. The van der Waals surface area contributed by atoms with Gasteiger partial charge in [-0.15, -0.1) is 0 Å². The summed E-state index contributed by atoms with van der Waals surface area (Å²) >= 11 is 0. The van der Waals surface area contributed by atoms with Crippen LogP contribution in [0.5, 0.6) is 0 Å². The Bertz CT molecular complexity index is 769. The molecule has 0 N–H and O–H groups in total. The van der Waals surface area contributed by atoms with Gasteiger partial charge in [-0.05, 0) is 0 Å². The number of benzene rings is 2. The van der Waals surface area contributed by atoms with Gasteiger partial charge in [0.25, 0.3) is 0 Å². The molecule has 1 aliphatic rings. The van der Waals surface area contributed by atoms with Gasteiger partial charge < -0.3 is 4.57 Å². The number of rotatable bonds is 1. The van der Waals surface area contributed by atoms with Crippen molar-refractivity contribution in [3.05, 3.63) is 79.3 Å². The summed E-state index contributed by atoms with van der Waals surface area (Å²) < 4.78 is 2.24. The molecule has 0 aliphatic heterocycles. The normalized spacial score (nSPS) is 14.2. The molecule has 5 radical (unpaired) electrons. The Morgan fingerprint density at radius 3 is 1.83 bits per heavy atom. The van der Waals surface area contributed by atoms with Crippen molar-refractivity contribution in [2.45, 2.75) is 6.04 Å². The Morgan fingerprint density at radius 2 is 1.38 bits per heavy atom. The molecule has 1 heterocycles. The minimum atomic E-state index is 0. The van der Waals surface area contributed by atoms with Gasteiger partial charge in [-0.2, -0.15) is 59.3 Å². The molecule has 107 valence electrons. The van der Waals surface area contributed by atoms with E-state index in [9.17, 15) is 0 Å². The molecule has 0 amide bonds. The second-order valence-corrected chi connectivity index (χ2v) is 4.59. The Labute approximate surface area is 269 Å². The second kappa shape index (κ2) is 14.1. The van der Waals surface area contributed by atoms with E-state index in [0.29, 0.717) is 0 Å². The summed E-state index contributed by atoms with van der Waals surface area (Å²) in [5, 5.41) is 2.44. The van der Waals surface area contributed by atoms with Gasteiger partial charge in [-0.25, -0.2) is 24.6 Å². The van der Waals surface area contributed by atoms with Gasteiger partial charge in [0, 0.05) is 164 Å². The van der Waals surface area contributed by atoms with E-state index in [1.165, 1.54) is 10.8 Å². The maximum Gasteiger partial charge on any atom is 0 e. The topological polar surface area (TPSA) is 4.93 Å². The summed E-state index contributed by atoms with van der Waals surface area (Å²) in [4.78, 5) is 0. The average Bonchev–Trinajstić information content (AvgIpc) is 2.83. The summed E-state index contributed by atoms with van der Waals surface area (Å²) in [6.45, 7) is 0. The third-order valence-corrected chi connectivity index (χ3v) is 3.49. The van der Waals surface area contributed by atoms with Crippen molar-refractivity contribution in [1.29, 1.82) is 0 Å². The molecule has 1 unspecified atom stereocenters. The fourth-order valence-corrected chi connectivity index (χ4v) is 2.67. The van der Waals surface area contributed by atoms with Crippen LogP contribution in [0.25, 0.3) is 21.8 Å². The van der Waals surface area contributed by atoms with Crippen LogP contribution in [0.1, 0.15) is 6.04 Å². The first-order chi connectivity index (χ1) is 9.45. The number of aromatic nitrogens is 1. The summed E-state index contributed by atoms with van der Waals surface area (Å²) in [5.74, 6) is 0. The maximum atomic E-state index is 3.36. The largest absolute Gasteiger partial charge is 0.412 e. The molecule has 2 aromatic carbocycles. The molecule has 0 spiro atoms. The zero-order valence-electron chi connectivity index (χ0n) is 13.2. The Kier molecular flexibility index (Phi) is 17.3. The van der Waals surface area contributed by atoms with Gasteiger partial charge in [0.05, 0.1) is 0 Å². The second-order valence-electron chi connectivity index (χ2n) is 4.59. The minimum absolute atomic E-state index is 0. The predicted octanol–water partition coefficient (Wildman–Crippen LogP) is 4.06. The summed E-state index contributed by atoms with van der Waals surface area (Å²) in [6, 6.07) is 19.1. The standard InChI is InChI=1S/C18H11N.5Y/c1-2-8-14(9-3-1)19-17-12-6-4-10-15(17)16-11-5-7-13-18(16)19;;;;;/h1-8,10-11,14H;;;;;/q-4;;;;;. The third kappa shape index (κ3) is 6.05. The molecule has 1 aromatic heterocycles. The van der Waals surface area contributed by atoms with Crippen molar-refractivity contribution in [3.8, 4) is 0 Å². The van der Waals surface area contributed by atoms with Gasteiger partial charge in [0.1, 0.15) is 0 Å². The quantitative estimate of drug-likeness (QED) is 0.341. The molecule has 3 aromatic rings. The van der Waals surface area contributed by atoms with E-state index in [2.05, 4.69) is 47.4 Å². The Morgan fingerprint density at radius 1 is 0.833 bits per heavy atom. The van der Waals surface area contributed by atoms with E-state index in [4.69, 9.17) is 0 Å².